The first-order chi connectivity index (χ1) is 7.69. The summed E-state index contributed by atoms with van der Waals surface area (Å²) in [6.07, 6.45) is 3.59. The summed E-state index contributed by atoms with van der Waals surface area (Å²) in [4.78, 5) is 6.94. The quantitative estimate of drug-likeness (QED) is 0.726. The minimum Gasteiger partial charge on any atom is -0.354 e. The minimum absolute atomic E-state index is 0.549. The summed E-state index contributed by atoms with van der Waals surface area (Å²) < 4.78 is 0.912. The van der Waals surface area contributed by atoms with Crippen molar-refractivity contribution in [3.05, 3.63) is 22.8 Å². The Morgan fingerprint density at radius 3 is 2.69 bits per heavy atom. The molecule has 3 heteroatoms. The van der Waals surface area contributed by atoms with Gasteiger partial charge >= 0.3 is 0 Å². The van der Waals surface area contributed by atoms with E-state index >= 15 is 0 Å². The highest BCUT2D eigenvalue weighted by Gasteiger charge is 2.13. The van der Waals surface area contributed by atoms with E-state index in [0.29, 0.717) is 6.04 Å². The Bertz CT molecular complexity index is 315. The third-order valence-corrected chi connectivity index (χ3v) is 3.31. The van der Waals surface area contributed by atoms with Crippen molar-refractivity contribution >= 4 is 21.7 Å². The summed E-state index contributed by atoms with van der Waals surface area (Å²) >= 11 is 3.43. The fourth-order valence-electron chi connectivity index (χ4n) is 1.67. The smallest absolute Gasteiger partial charge is 0.130 e. The number of pyridine rings is 1. The standard InChI is InChI=1S/C13H21BrN2/c1-4-6-10-16(11(3)5-2)13-9-7-8-12(14)15-13/h7-9,11H,4-6,10H2,1-3H3. The molecule has 90 valence electrons. The zero-order valence-electron chi connectivity index (χ0n) is 10.4. The van der Waals surface area contributed by atoms with Crippen LogP contribution in [0.5, 0.6) is 0 Å². The molecule has 0 amide bonds. The molecule has 0 bridgehead atoms. The van der Waals surface area contributed by atoms with E-state index in [1.54, 1.807) is 0 Å². The second-order valence-corrected chi connectivity index (χ2v) is 4.94. The van der Waals surface area contributed by atoms with Gasteiger partial charge in [-0.15, -0.1) is 0 Å². The van der Waals surface area contributed by atoms with E-state index in [2.05, 4.69) is 52.7 Å². The maximum atomic E-state index is 4.54. The number of halogens is 1. The topological polar surface area (TPSA) is 16.1 Å². The van der Waals surface area contributed by atoms with Gasteiger partial charge in [-0.05, 0) is 47.8 Å². The van der Waals surface area contributed by atoms with E-state index in [1.165, 1.54) is 12.8 Å². The lowest BCUT2D eigenvalue weighted by Crippen LogP contribution is -2.34. The third kappa shape index (κ3) is 3.78. The van der Waals surface area contributed by atoms with E-state index in [4.69, 9.17) is 0 Å². The highest BCUT2D eigenvalue weighted by atomic mass is 79.9. The van der Waals surface area contributed by atoms with Crippen LogP contribution >= 0.6 is 15.9 Å². The molecule has 0 N–H and O–H groups in total. The highest BCUT2D eigenvalue weighted by Crippen LogP contribution is 2.19. The molecule has 0 fully saturated rings. The molecule has 1 aromatic rings. The first-order valence-corrected chi connectivity index (χ1v) is 6.87. The predicted molar refractivity (Wildman–Crippen MR) is 73.9 cm³/mol. The van der Waals surface area contributed by atoms with Crippen LogP contribution in [-0.2, 0) is 0 Å². The summed E-state index contributed by atoms with van der Waals surface area (Å²) in [5, 5.41) is 0. The zero-order chi connectivity index (χ0) is 12.0. The summed E-state index contributed by atoms with van der Waals surface area (Å²) in [5.74, 6) is 1.08. The van der Waals surface area contributed by atoms with Crippen LogP contribution in [0.3, 0.4) is 0 Å². The number of hydrogen-bond acceptors (Lipinski definition) is 2. The van der Waals surface area contributed by atoms with Gasteiger partial charge in [-0.3, -0.25) is 0 Å². The molecule has 16 heavy (non-hydrogen) atoms. The molecule has 1 unspecified atom stereocenters. The molecule has 0 spiro atoms. The van der Waals surface area contributed by atoms with Gasteiger partial charge in [0.25, 0.3) is 0 Å². The van der Waals surface area contributed by atoms with Gasteiger partial charge in [0.2, 0.25) is 0 Å². The maximum Gasteiger partial charge on any atom is 0.130 e. The van der Waals surface area contributed by atoms with E-state index in [-0.39, 0.29) is 0 Å². The Hall–Kier alpha value is -0.570. The molecule has 0 saturated carbocycles. The van der Waals surface area contributed by atoms with E-state index in [0.717, 1.165) is 23.4 Å². The van der Waals surface area contributed by atoms with Crippen molar-refractivity contribution < 1.29 is 0 Å². The molecular weight excluding hydrogens is 264 g/mol. The Kier molecular flexibility index (Phi) is 5.81. The Labute approximate surface area is 107 Å². The van der Waals surface area contributed by atoms with E-state index < -0.39 is 0 Å². The van der Waals surface area contributed by atoms with E-state index in [9.17, 15) is 0 Å². The molecule has 0 radical (unpaired) electrons. The SMILES string of the molecule is CCCCN(c1cccc(Br)n1)C(C)CC. The monoisotopic (exact) mass is 284 g/mol. The Morgan fingerprint density at radius 2 is 2.12 bits per heavy atom. The lowest BCUT2D eigenvalue weighted by molar-refractivity contribution is 0.589. The van der Waals surface area contributed by atoms with Gasteiger partial charge in [0.05, 0.1) is 0 Å². The average molecular weight is 285 g/mol. The number of rotatable bonds is 6. The van der Waals surface area contributed by atoms with Crippen molar-refractivity contribution in [2.45, 2.75) is 46.1 Å². The van der Waals surface area contributed by atoms with Crippen molar-refractivity contribution in [3.63, 3.8) is 0 Å². The van der Waals surface area contributed by atoms with Crippen LogP contribution in [-0.4, -0.2) is 17.6 Å². The Morgan fingerprint density at radius 1 is 1.38 bits per heavy atom. The Balaban J connectivity index is 2.82. The second-order valence-electron chi connectivity index (χ2n) is 4.12. The molecule has 1 heterocycles. The van der Waals surface area contributed by atoms with Crippen LogP contribution < -0.4 is 4.90 Å². The molecule has 0 aliphatic carbocycles. The lowest BCUT2D eigenvalue weighted by Gasteiger charge is -2.29. The lowest BCUT2D eigenvalue weighted by atomic mass is 10.2. The fourth-order valence-corrected chi connectivity index (χ4v) is 2.00. The maximum absolute atomic E-state index is 4.54. The number of unbranched alkanes of at least 4 members (excludes halogenated alkanes) is 1. The number of anilines is 1. The van der Waals surface area contributed by atoms with Gasteiger partial charge in [-0.2, -0.15) is 0 Å². The van der Waals surface area contributed by atoms with Crippen LogP contribution in [0.4, 0.5) is 5.82 Å². The minimum atomic E-state index is 0.549. The molecule has 1 atom stereocenters. The summed E-state index contributed by atoms with van der Waals surface area (Å²) in [7, 11) is 0. The molecule has 0 aliphatic heterocycles. The second kappa shape index (κ2) is 6.89. The van der Waals surface area contributed by atoms with Crippen LogP contribution in [0, 0.1) is 0 Å². The molecule has 1 aromatic heterocycles. The van der Waals surface area contributed by atoms with Crippen LogP contribution in [0.25, 0.3) is 0 Å². The molecule has 0 aromatic carbocycles. The van der Waals surface area contributed by atoms with Gasteiger partial charge in [-0.25, -0.2) is 4.98 Å². The number of aromatic nitrogens is 1. The third-order valence-electron chi connectivity index (χ3n) is 2.87. The predicted octanol–water partition coefficient (Wildman–Crippen LogP) is 4.25. The zero-order valence-corrected chi connectivity index (χ0v) is 12.0. The van der Waals surface area contributed by atoms with Crippen molar-refractivity contribution in [1.82, 2.24) is 4.98 Å². The summed E-state index contributed by atoms with van der Waals surface area (Å²) in [6, 6.07) is 6.66. The molecule has 1 rings (SSSR count). The average Bonchev–Trinajstić information content (AvgIpc) is 2.29. The first-order valence-electron chi connectivity index (χ1n) is 6.08. The highest BCUT2D eigenvalue weighted by molar-refractivity contribution is 9.10. The molecule has 0 aliphatic rings. The first kappa shape index (κ1) is 13.5. The van der Waals surface area contributed by atoms with Gasteiger partial charge in [-0.1, -0.05) is 26.3 Å². The van der Waals surface area contributed by atoms with Crippen molar-refractivity contribution in [2.24, 2.45) is 0 Å². The van der Waals surface area contributed by atoms with Crippen LogP contribution in [0.1, 0.15) is 40.0 Å². The molecule has 0 saturated heterocycles. The summed E-state index contributed by atoms with van der Waals surface area (Å²) in [6.45, 7) is 7.80. The van der Waals surface area contributed by atoms with Gasteiger partial charge < -0.3 is 4.90 Å². The normalized spacial score (nSPS) is 12.5. The number of hydrogen-bond donors (Lipinski definition) is 0. The number of nitrogens with zero attached hydrogens (tertiary/aromatic N) is 2. The van der Waals surface area contributed by atoms with Crippen molar-refractivity contribution in [2.75, 3.05) is 11.4 Å². The summed E-state index contributed by atoms with van der Waals surface area (Å²) in [5.41, 5.74) is 0. The van der Waals surface area contributed by atoms with Crippen molar-refractivity contribution in [3.8, 4) is 0 Å². The van der Waals surface area contributed by atoms with Crippen LogP contribution in [0.15, 0.2) is 22.8 Å². The molecular formula is C13H21BrN2. The van der Waals surface area contributed by atoms with Gasteiger partial charge in [0.15, 0.2) is 0 Å². The molecule has 2 nitrogen and oxygen atoms in total. The largest absolute Gasteiger partial charge is 0.354 e. The van der Waals surface area contributed by atoms with Crippen molar-refractivity contribution in [1.29, 1.82) is 0 Å². The van der Waals surface area contributed by atoms with Crippen LogP contribution in [0.2, 0.25) is 0 Å². The van der Waals surface area contributed by atoms with Gasteiger partial charge in [0, 0.05) is 12.6 Å². The van der Waals surface area contributed by atoms with E-state index in [1.807, 2.05) is 12.1 Å². The fraction of sp³-hybridized carbons (Fsp3) is 0.615. The van der Waals surface area contributed by atoms with Gasteiger partial charge in [0.1, 0.15) is 10.4 Å².